The molecule has 0 spiro atoms. The van der Waals surface area contributed by atoms with Crippen LogP contribution in [-0.2, 0) is 6.54 Å². The number of benzene rings is 3. The second-order valence-corrected chi connectivity index (χ2v) is 7.85. The molecule has 2 amide bonds. The van der Waals surface area contributed by atoms with E-state index in [-0.39, 0.29) is 18.0 Å². The van der Waals surface area contributed by atoms with E-state index < -0.39 is 0 Å². The van der Waals surface area contributed by atoms with Crippen LogP contribution in [0.1, 0.15) is 31.0 Å². The van der Waals surface area contributed by atoms with Gasteiger partial charge in [0, 0.05) is 13.6 Å². The predicted octanol–water partition coefficient (Wildman–Crippen LogP) is 5.40. The number of fused-ring (bicyclic) bond motifs is 1. The lowest BCUT2D eigenvalue weighted by Gasteiger charge is -2.27. The van der Waals surface area contributed by atoms with E-state index in [4.69, 9.17) is 9.47 Å². The van der Waals surface area contributed by atoms with Crippen LogP contribution in [0.2, 0.25) is 0 Å². The first-order chi connectivity index (χ1) is 14.4. The summed E-state index contributed by atoms with van der Waals surface area (Å²) in [4.78, 5) is 14.6. The maximum Gasteiger partial charge on any atom is 0.317 e. The van der Waals surface area contributed by atoms with Crippen LogP contribution in [0.25, 0.3) is 10.8 Å². The molecule has 1 N–H and O–H groups in total. The van der Waals surface area contributed by atoms with E-state index in [9.17, 15) is 4.79 Å². The van der Waals surface area contributed by atoms with Crippen molar-refractivity contribution in [3.05, 3.63) is 71.8 Å². The van der Waals surface area contributed by atoms with Crippen LogP contribution in [0.4, 0.5) is 4.79 Å². The Morgan fingerprint density at radius 3 is 2.13 bits per heavy atom. The molecule has 30 heavy (non-hydrogen) atoms. The number of urea groups is 1. The van der Waals surface area contributed by atoms with Crippen LogP contribution in [-0.4, -0.2) is 32.2 Å². The number of ether oxygens (including phenoxy) is 2. The Balaban J connectivity index is 1.69. The Morgan fingerprint density at radius 1 is 0.900 bits per heavy atom. The molecule has 0 unspecified atom stereocenters. The fraction of sp³-hybridized carbons (Fsp3) is 0.320. The molecule has 0 aromatic heterocycles. The van der Waals surface area contributed by atoms with Crippen molar-refractivity contribution in [3.8, 4) is 11.5 Å². The minimum atomic E-state index is -0.0978. The minimum Gasteiger partial charge on any atom is -0.497 e. The number of carbonyl (C=O) groups is 1. The number of rotatable bonds is 7. The van der Waals surface area contributed by atoms with E-state index in [1.165, 1.54) is 0 Å². The Hall–Kier alpha value is -3.21. The largest absolute Gasteiger partial charge is 0.497 e. The number of hydrogen-bond acceptors (Lipinski definition) is 3. The van der Waals surface area contributed by atoms with Gasteiger partial charge in [-0.05, 0) is 58.1 Å². The second-order valence-electron chi connectivity index (χ2n) is 7.85. The summed E-state index contributed by atoms with van der Waals surface area (Å²) in [6.45, 7) is 4.74. The summed E-state index contributed by atoms with van der Waals surface area (Å²) >= 11 is 0. The third-order valence-electron chi connectivity index (χ3n) is 5.30. The van der Waals surface area contributed by atoms with Crippen molar-refractivity contribution in [3.63, 3.8) is 0 Å². The van der Waals surface area contributed by atoms with E-state index in [0.29, 0.717) is 6.54 Å². The van der Waals surface area contributed by atoms with Crippen molar-refractivity contribution in [2.75, 3.05) is 21.3 Å². The van der Waals surface area contributed by atoms with Gasteiger partial charge in [-0.1, -0.05) is 44.2 Å². The number of nitrogens with one attached hydrogen (secondary N) is 1. The third-order valence-corrected chi connectivity index (χ3v) is 5.30. The van der Waals surface area contributed by atoms with Crippen LogP contribution in [0.5, 0.6) is 11.5 Å². The molecule has 0 fully saturated rings. The number of amides is 2. The van der Waals surface area contributed by atoms with E-state index >= 15 is 0 Å². The molecule has 0 radical (unpaired) electrons. The predicted molar refractivity (Wildman–Crippen MR) is 121 cm³/mol. The summed E-state index contributed by atoms with van der Waals surface area (Å²) in [7, 11) is 5.13. The summed E-state index contributed by atoms with van der Waals surface area (Å²) in [5.74, 6) is 1.90. The van der Waals surface area contributed by atoms with E-state index in [2.05, 4.69) is 37.4 Å². The SMILES string of the molecule is COc1ccc([C@@H](NC(=O)N(C)Cc2ccc3cc(OC)ccc3c2)C(C)C)cc1. The Kier molecular flexibility index (Phi) is 6.83. The maximum atomic E-state index is 12.9. The van der Waals surface area contributed by atoms with Gasteiger partial charge in [0.05, 0.1) is 20.3 Å². The molecule has 3 aromatic rings. The van der Waals surface area contributed by atoms with Crippen molar-refractivity contribution >= 4 is 16.8 Å². The Bertz CT molecular complexity index is 999. The summed E-state index contributed by atoms with van der Waals surface area (Å²) in [6.07, 6.45) is 0. The number of nitrogens with zero attached hydrogens (tertiary/aromatic N) is 1. The van der Waals surface area contributed by atoms with Crippen LogP contribution in [0, 0.1) is 5.92 Å². The molecule has 3 rings (SSSR count). The lowest BCUT2D eigenvalue weighted by Crippen LogP contribution is -2.40. The van der Waals surface area contributed by atoms with Crippen molar-refractivity contribution in [2.24, 2.45) is 5.92 Å². The zero-order valence-electron chi connectivity index (χ0n) is 18.3. The van der Waals surface area contributed by atoms with Crippen molar-refractivity contribution < 1.29 is 14.3 Å². The molecular weight excluding hydrogens is 376 g/mol. The average Bonchev–Trinajstić information content (AvgIpc) is 2.76. The molecule has 5 heteroatoms. The van der Waals surface area contributed by atoms with Gasteiger partial charge in [0.1, 0.15) is 11.5 Å². The Labute approximate surface area is 178 Å². The molecule has 3 aromatic carbocycles. The van der Waals surface area contributed by atoms with Gasteiger partial charge >= 0.3 is 6.03 Å². The van der Waals surface area contributed by atoms with Crippen LogP contribution < -0.4 is 14.8 Å². The first-order valence-electron chi connectivity index (χ1n) is 10.1. The van der Waals surface area contributed by atoms with Gasteiger partial charge in [0.2, 0.25) is 0 Å². The average molecular weight is 407 g/mol. The highest BCUT2D eigenvalue weighted by Gasteiger charge is 2.20. The summed E-state index contributed by atoms with van der Waals surface area (Å²) in [6, 6.07) is 19.9. The fourth-order valence-electron chi connectivity index (χ4n) is 3.53. The zero-order chi connectivity index (χ0) is 21.7. The molecule has 0 aliphatic rings. The van der Waals surface area contributed by atoms with Gasteiger partial charge < -0.3 is 19.7 Å². The number of hydrogen-bond donors (Lipinski definition) is 1. The highest BCUT2D eigenvalue weighted by Crippen LogP contribution is 2.25. The van der Waals surface area contributed by atoms with E-state index in [1.807, 2.05) is 49.5 Å². The molecule has 0 aliphatic carbocycles. The van der Waals surface area contributed by atoms with E-state index in [1.54, 1.807) is 19.1 Å². The molecule has 1 atom stereocenters. The van der Waals surface area contributed by atoms with Gasteiger partial charge in [-0.3, -0.25) is 0 Å². The van der Waals surface area contributed by atoms with E-state index in [0.717, 1.165) is 33.4 Å². The highest BCUT2D eigenvalue weighted by atomic mass is 16.5. The molecule has 0 aliphatic heterocycles. The monoisotopic (exact) mass is 406 g/mol. The smallest absolute Gasteiger partial charge is 0.317 e. The topological polar surface area (TPSA) is 50.8 Å². The lowest BCUT2D eigenvalue weighted by atomic mass is 9.96. The van der Waals surface area contributed by atoms with Crippen molar-refractivity contribution in [1.82, 2.24) is 10.2 Å². The van der Waals surface area contributed by atoms with Crippen LogP contribution in [0.15, 0.2) is 60.7 Å². The number of methoxy groups -OCH3 is 2. The van der Waals surface area contributed by atoms with Crippen molar-refractivity contribution in [2.45, 2.75) is 26.4 Å². The quantitative estimate of drug-likeness (QED) is 0.572. The molecule has 0 saturated heterocycles. The van der Waals surface area contributed by atoms with Gasteiger partial charge in [0.25, 0.3) is 0 Å². The van der Waals surface area contributed by atoms with Gasteiger partial charge in [-0.15, -0.1) is 0 Å². The first-order valence-corrected chi connectivity index (χ1v) is 10.1. The molecule has 0 saturated carbocycles. The summed E-state index contributed by atoms with van der Waals surface area (Å²) < 4.78 is 10.5. The van der Waals surface area contributed by atoms with Gasteiger partial charge in [-0.25, -0.2) is 4.79 Å². The highest BCUT2D eigenvalue weighted by molar-refractivity contribution is 5.84. The first kappa shape index (κ1) is 21.5. The molecule has 5 nitrogen and oxygen atoms in total. The minimum absolute atomic E-state index is 0.0741. The zero-order valence-corrected chi connectivity index (χ0v) is 18.3. The van der Waals surface area contributed by atoms with Crippen LogP contribution in [0.3, 0.4) is 0 Å². The molecule has 0 heterocycles. The molecular formula is C25H30N2O3. The molecule has 0 bridgehead atoms. The lowest BCUT2D eigenvalue weighted by molar-refractivity contribution is 0.199. The fourth-order valence-corrected chi connectivity index (χ4v) is 3.53. The Morgan fingerprint density at radius 2 is 1.50 bits per heavy atom. The maximum absolute atomic E-state index is 12.9. The normalized spacial score (nSPS) is 11.9. The molecule has 158 valence electrons. The van der Waals surface area contributed by atoms with Crippen LogP contribution >= 0.6 is 0 Å². The van der Waals surface area contributed by atoms with Crippen molar-refractivity contribution in [1.29, 1.82) is 0 Å². The van der Waals surface area contributed by atoms with Gasteiger partial charge in [-0.2, -0.15) is 0 Å². The summed E-state index contributed by atoms with van der Waals surface area (Å²) in [5.41, 5.74) is 2.14. The second kappa shape index (κ2) is 9.53. The van der Waals surface area contributed by atoms with Gasteiger partial charge in [0.15, 0.2) is 0 Å². The number of carbonyl (C=O) groups excluding carboxylic acids is 1. The summed E-state index contributed by atoms with van der Waals surface area (Å²) in [5, 5.41) is 5.41. The third kappa shape index (κ3) is 5.03. The standard InChI is InChI=1S/C25H30N2O3/c1-17(2)24(19-8-11-22(29-4)12-9-19)26-25(28)27(3)16-18-6-7-21-15-23(30-5)13-10-20(21)14-18/h6-15,17,24H,16H2,1-5H3,(H,26,28)/t24-/m0/s1.